The van der Waals surface area contributed by atoms with Crippen LogP contribution < -0.4 is 5.32 Å². The topological polar surface area (TPSA) is 55.1 Å². The highest BCUT2D eigenvalue weighted by atomic mass is 19.1. The van der Waals surface area contributed by atoms with Crippen LogP contribution in [0.4, 0.5) is 9.18 Å². The van der Waals surface area contributed by atoms with Crippen molar-refractivity contribution >= 4 is 6.03 Å². The molecule has 184 valence electrons. The summed E-state index contributed by atoms with van der Waals surface area (Å²) in [5.74, 6) is 0.597. The maximum absolute atomic E-state index is 14.4. The molecule has 2 amide bonds. The summed E-state index contributed by atoms with van der Waals surface area (Å²) in [7, 11) is 0. The van der Waals surface area contributed by atoms with Crippen molar-refractivity contribution in [1.82, 2.24) is 24.6 Å². The van der Waals surface area contributed by atoms with Crippen LogP contribution in [0.5, 0.6) is 0 Å². The molecule has 4 aromatic rings. The van der Waals surface area contributed by atoms with Crippen molar-refractivity contribution in [2.24, 2.45) is 0 Å². The van der Waals surface area contributed by atoms with Gasteiger partial charge in [-0.2, -0.15) is 5.10 Å². The molecule has 0 saturated heterocycles. The summed E-state index contributed by atoms with van der Waals surface area (Å²) in [5.41, 5.74) is 4.44. The second-order valence-corrected chi connectivity index (χ2v) is 9.81. The van der Waals surface area contributed by atoms with E-state index < -0.39 is 6.04 Å². The molecule has 1 atom stereocenters. The van der Waals surface area contributed by atoms with E-state index in [9.17, 15) is 9.18 Å². The number of nitrogens with one attached hydrogen (secondary N) is 1. The molecule has 1 fully saturated rings. The van der Waals surface area contributed by atoms with Crippen LogP contribution in [0.25, 0.3) is 11.5 Å². The Balaban J connectivity index is 1.51. The zero-order valence-corrected chi connectivity index (χ0v) is 20.4. The lowest BCUT2D eigenvalue weighted by molar-refractivity contribution is 0.173. The quantitative estimate of drug-likeness (QED) is 0.385. The Morgan fingerprint density at radius 3 is 2.58 bits per heavy atom. The van der Waals surface area contributed by atoms with E-state index in [0.29, 0.717) is 6.54 Å². The minimum atomic E-state index is -0.449. The van der Waals surface area contributed by atoms with Crippen LogP contribution >= 0.6 is 0 Å². The lowest BCUT2D eigenvalue weighted by Gasteiger charge is -2.33. The van der Waals surface area contributed by atoms with Gasteiger partial charge < -0.3 is 14.8 Å². The molecule has 6 nitrogen and oxygen atoms in total. The largest absolute Gasteiger partial charge is 0.335 e. The van der Waals surface area contributed by atoms with E-state index in [1.54, 1.807) is 6.07 Å². The molecule has 1 saturated carbocycles. The first-order valence-electron chi connectivity index (χ1n) is 12.7. The van der Waals surface area contributed by atoms with Crippen LogP contribution in [-0.2, 0) is 6.54 Å². The van der Waals surface area contributed by atoms with Crippen LogP contribution in [-0.4, -0.2) is 31.3 Å². The van der Waals surface area contributed by atoms with Crippen LogP contribution in [0.3, 0.4) is 0 Å². The van der Waals surface area contributed by atoms with Crippen molar-refractivity contribution in [2.45, 2.75) is 57.7 Å². The highest BCUT2D eigenvalue weighted by Crippen LogP contribution is 2.38. The van der Waals surface area contributed by atoms with E-state index in [0.717, 1.165) is 59.7 Å². The van der Waals surface area contributed by atoms with E-state index in [1.807, 2.05) is 71.2 Å². The van der Waals surface area contributed by atoms with E-state index in [2.05, 4.69) is 9.88 Å². The molecule has 0 radical (unpaired) electrons. The third kappa shape index (κ3) is 3.98. The number of carbonyl (C=O) groups excluding carboxylic acids is 1. The zero-order valence-electron chi connectivity index (χ0n) is 20.4. The molecule has 7 heteroatoms. The number of urea groups is 1. The van der Waals surface area contributed by atoms with Crippen LogP contribution in [0.1, 0.15) is 60.7 Å². The van der Waals surface area contributed by atoms with Crippen molar-refractivity contribution < 1.29 is 9.18 Å². The Hall–Kier alpha value is -3.87. The standard InChI is InChI=1S/C29H30FN5O/c1-20-25-19-34(29(36)31-23-12-4-2-5-13-23)27(21-10-8-11-22(30)18-21)26-16-9-17-33(26)28(25)35(32-20)24-14-6-3-7-15-24/h3,6-11,14-18,23,27H,2,4-5,12-13,19H2,1H3,(H,31,36)/t27-/m0/s1. The maximum atomic E-state index is 14.4. The monoisotopic (exact) mass is 483 g/mol. The van der Waals surface area contributed by atoms with Crippen molar-refractivity contribution in [3.8, 4) is 11.5 Å². The number of hydrogen-bond acceptors (Lipinski definition) is 2. The smallest absolute Gasteiger partial charge is 0.318 e. The predicted molar refractivity (Wildman–Crippen MR) is 137 cm³/mol. The number of aromatic nitrogens is 3. The van der Waals surface area contributed by atoms with Crippen molar-refractivity contribution in [3.05, 3.63) is 101 Å². The molecule has 2 aromatic carbocycles. The van der Waals surface area contributed by atoms with E-state index in [-0.39, 0.29) is 17.9 Å². The van der Waals surface area contributed by atoms with Gasteiger partial charge in [0.15, 0.2) is 0 Å². The van der Waals surface area contributed by atoms with Crippen LogP contribution in [0.15, 0.2) is 72.9 Å². The SMILES string of the molecule is Cc1nn(-c2ccccc2)c2c1CN(C(=O)NC1CCCCC1)[C@@H](c1cccc(F)c1)c1cccn1-2. The number of hydrogen-bond donors (Lipinski definition) is 1. The van der Waals surface area contributed by atoms with Gasteiger partial charge in [-0.3, -0.25) is 0 Å². The van der Waals surface area contributed by atoms with Gasteiger partial charge in [0.2, 0.25) is 0 Å². The Bertz CT molecular complexity index is 1390. The average Bonchev–Trinajstić information content (AvgIpc) is 3.45. The molecular weight excluding hydrogens is 453 g/mol. The van der Waals surface area contributed by atoms with Gasteiger partial charge in [0.1, 0.15) is 11.6 Å². The first-order chi connectivity index (χ1) is 17.6. The molecule has 36 heavy (non-hydrogen) atoms. The number of carbonyl (C=O) groups is 1. The molecule has 1 N–H and O–H groups in total. The normalized spacial score (nSPS) is 17.8. The number of halogens is 1. The molecule has 2 aliphatic rings. The van der Waals surface area contributed by atoms with Gasteiger partial charge in [0.05, 0.1) is 29.7 Å². The number of rotatable bonds is 3. The Labute approximate surface area is 210 Å². The van der Waals surface area contributed by atoms with Crippen LogP contribution in [0, 0.1) is 12.7 Å². The molecule has 0 bridgehead atoms. The number of amides is 2. The van der Waals surface area contributed by atoms with E-state index in [1.165, 1.54) is 18.6 Å². The Morgan fingerprint density at radius 1 is 1.00 bits per heavy atom. The third-order valence-electron chi connectivity index (χ3n) is 7.44. The first-order valence-corrected chi connectivity index (χ1v) is 12.7. The van der Waals surface area contributed by atoms with Gasteiger partial charge in [-0.25, -0.2) is 13.9 Å². The maximum Gasteiger partial charge on any atom is 0.318 e. The molecule has 0 unspecified atom stereocenters. The van der Waals surface area contributed by atoms with Gasteiger partial charge in [0, 0.05) is 17.8 Å². The molecule has 2 aromatic heterocycles. The van der Waals surface area contributed by atoms with Gasteiger partial charge in [0.25, 0.3) is 0 Å². The fraction of sp³-hybridized carbons (Fsp3) is 0.310. The summed E-state index contributed by atoms with van der Waals surface area (Å²) in [4.78, 5) is 15.8. The second kappa shape index (κ2) is 9.30. The van der Waals surface area contributed by atoms with Gasteiger partial charge in [-0.05, 0) is 61.7 Å². The summed E-state index contributed by atoms with van der Waals surface area (Å²) in [6.07, 6.45) is 7.48. The average molecular weight is 484 g/mol. The third-order valence-corrected chi connectivity index (χ3v) is 7.44. The molecule has 3 heterocycles. The molecule has 6 rings (SSSR count). The summed E-state index contributed by atoms with van der Waals surface area (Å²) < 4.78 is 18.5. The second-order valence-electron chi connectivity index (χ2n) is 9.81. The van der Waals surface area contributed by atoms with Crippen LogP contribution in [0.2, 0.25) is 0 Å². The highest BCUT2D eigenvalue weighted by molar-refractivity contribution is 5.76. The number of fused-ring (bicyclic) bond motifs is 3. The van der Waals surface area contributed by atoms with Crippen molar-refractivity contribution in [2.75, 3.05) is 0 Å². The minimum Gasteiger partial charge on any atom is -0.335 e. The van der Waals surface area contributed by atoms with Gasteiger partial charge in [-0.15, -0.1) is 0 Å². The molecule has 1 aliphatic heterocycles. The predicted octanol–water partition coefficient (Wildman–Crippen LogP) is 6.06. The first kappa shape index (κ1) is 22.6. The number of nitrogens with zero attached hydrogens (tertiary/aromatic N) is 4. The van der Waals surface area contributed by atoms with E-state index in [4.69, 9.17) is 5.10 Å². The van der Waals surface area contributed by atoms with Gasteiger partial charge in [-0.1, -0.05) is 49.6 Å². The van der Waals surface area contributed by atoms with Gasteiger partial charge >= 0.3 is 6.03 Å². The fourth-order valence-corrected chi connectivity index (χ4v) is 5.68. The summed E-state index contributed by atoms with van der Waals surface area (Å²) in [5, 5.41) is 8.18. The Morgan fingerprint density at radius 2 is 1.81 bits per heavy atom. The number of benzene rings is 2. The number of aryl methyl sites for hydroxylation is 1. The number of para-hydroxylation sites is 1. The zero-order chi connectivity index (χ0) is 24.6. The lowest BCUT2D eigenvalue weighted by atomic mass is 9.95. The lowest BCUT2D eigenvalue weighted by Crippen LogP contribution is -2.46. The molecule has 1 aliphatic carbocycles. The fourth-order valence-electron chi connectivity index (χ4n) is 5.68. The Kier molecular flexibility index (Phi) is 5.83. The van der Waals surface area contributed by atoms with Crippen molar-refractivity contribution in [1.29, 1.82) is 0 Å². The van der Waals surface area contributed by atoms with Crippen molar-refractivity contribution in [3.63, 3.8) is 0 Å². The molecular formula is C29H30FN5O. The van der Waals surface area contributed by atoms with E-state index >= 15 is 0 Å². The molecule has 0 spiro atoms. The minimum absolute atomic E-state index is 0.122. The summed E-state index contributed by atoms with van der Waals surface area (Å²) >= 11 is 0. The highest BCUT2D eigenvalue weighted by Gasteiger charge is 2.36. The summed E-state index contributed by atoms with van der Waals surface area (Å²) in [6, 6.07) is 20.2. The summed E-state index contributed by atoms with van der Waals surface area (Å²) in [6.45, 7) is 2.36.